The van der Waals surface area contributed by atoms with E-state index in [0.717, 1.165) is 11.4 Å². The third kappa shape index (κ3) is 5.12. The molecule has 2 atom stereocenters. The molecule has 4 heteroatoms. The van der Waals surface area contributed by atoms with E-state index < -0.39 is 0 Å². The highest BCUT2D eigenvalue weighted by atomic mass is 16.2. The maximum absolute atomic E-state index is 12.2. The van der Waals surface area contributed by atoms with Crippen LogP contribution < -0.4 is 10.6 Å². The van der Waals surface area contributed by atoms with E-state index in [-0.39, 0.29) is 23.5 Å². The number of nitrogens with one attached hydrogen (secondary N) is 2. The zero-order valence-corrected chi connectivity index (χ0v) is 14.6. The second-order valence-corrected chi connectivity index (χ2v) is 6.93. The molecular weight excluding hydrogens is 262 g/mol. The standard InChI is InChI=1S/C17H29N3O/c1-10-9-11(2)18-12(3)15(10)13(4)19-14(5)16(21)20-17(6,7)8/h9,13-14,19H,1-8H3,(H,20,21). The van der Waals surface area contributed by atoms with Gasteiger partial charge in [0.2, 0.25) is 5.91 Å². The molecule has 1 amide bonds. The molecule has 0 saturated heterocycles. The molecule has 0 bridgehead atoms. The topological polar surface area (TPSA) is 54.0 Å². The predicted octanol–water partition coefficient (Wildman–Crippen LogP) is 2.96. The maximum Gasteiger partial charge on any atom is 0.237 e. The average molecular weight is 291 g/mol. The lowest BCUT2D eigenvalue weighted by Crippen LogP contribution is -2.50. The second kappa shape index (κ2) is 6.56. The fourth-order valence-electron chi connectivity index (χ4n) is 2.70. The Bertz CT molecular complexity index is 494. The first-order chi connectivity index (χ1) is 9.51. The van der Waals surface area contributed by atoms with E-state index in [2.05, 4.69) is 35.5 Å². The summed E-state index contributed by atoms with van der Waals surface area (Å²) in [6.07, 6.45) is 0. The minimum absolute atomic E-state index is 0.0183. The highest BCUT2D eigenvalue weighted by Crippen LogP contribution is 2.21. The third-order valence-electron chi connectivity index (χ3n) is 3.41. The van der Waals surface area contributed by atoms with Crippen molar-refractivity contribution in [2.75, 3.05) is 0 Å². The second-order valence-electron chi connectivity index (χ2n) is 6.93. The molecule has 2 N–H and O–H groups in total. The van der Waals surface area contributed by atoms with Crippen molar-refractivity contribution in [3.05, 3.63) is 28.6 Å². The van der Waals surface area contributed by atoms with Gasteiger partial charge in [0.15, 0.2) is 0 Å². The van der Waals surface area contributed by atoms with Crippen molar-refractivity contribution in [3.63, 3.8) is 0 Å². The fraction of sp³-hybridized carbons (Fsp3) is 0.647. The molecule has 0 aliphatic rings. The highest BCUT2D eigenvalue weighted by Gasteiger charge is 2.22. The van der Waals surface area contributed by atoms with Crippen molar-refractivity contribution in [1.82, 2.24) is 15.6 Å². The number of carbonyl (C=O) groups is 1. The number of rotatable bonds is 4. The number of aryl methyl sites for hydroxylation is 3. The van der Waals surface area contributed by atoms with Crippen LogP contribution in [0, 0.1) is 20.8 Å². The van der Waals surface area contributed by atoms with Crippen molar-refractivity contribution >= 4 is 5.91 Å². The van der Waals surface area contributed by atoms with Crippen molar-refractivity contribution in [1.29, 1.82) is 0 Å². The van der Waals surface area contributed by atoms with Gasteiger partial charge in [-0.3, -0.25) is 15.1 Å². The van der Waals surface area contributed by atoms with Crippen LogP contribution in [-0.4, -0.2) is 22.5 Å². The first kappa shape index (κ1) is 17.6. The van der Waals surface area contributed by atoms with Gasteiger partial charge in [-0.2, -0.15) is 0 Å². The highest BCUT2D eigenvalue weighted by molar-refractivity contribution is 5.82. The fourth-order valence-corrected chi connectivity index (χ4v) is 2.70. The minimum Gasteiger partial charge on any atom is -0.350 e. The van der Waals surface area contributed by atoms with E-state index >= 15 is 0 Å². The van der Waals surface area contributed by atoms with Gasteiger partial charge in [0, 0.05) is 23.0 Å². The Morgan fingerprint density at radius 2 is 1.76 bits per heavy atom. The Balaban J connectivity index is 2.82. The number of hydrogen-bond acceptors (Lipinski definition) is 3. The van der Waals surface area contributed by atoms with Gasteiger partial charge in [-0.15, -0.1) is 0 Å². The number of pyridine rings is 1. The summed E-state index contributed by atoms with van der Waals surface area (Å²) in [5.74, 6) is 0.0183. The largest absolute Gasteiger partial charge is 0.350 e. The summed E-state index contributed by atoms with van der Waals surface area (Å²) in [5.41, 5.74) is 4.22. The van der Waals surface area contributed by atoms with Crippen LogP contribution in [0.15, 0.2) is 6.07 Å². The molecule has 118 valence electrons. The van der Waals surface area contributed by atoms with Gasteiger partial charge in [0.25, 0.3) is 0 Å². The van der Waals surface area contributed by atoms with Gasteiger partial charge < -0.3 is 5.32 Å². The van der Waals surface area contributed by atoms with E-state index in [1.165, 1.54) is 11.1 Å². The molecule has 0 spiro atoms. The number of hydrogen-bond donors (Lipinski definition) is 2. The summed E-state index contributed by atoms with van der Waals surface area (Å²) >= 11 is 0. The van der Waals surface area contributed by atoms with Crippen LogP contribution in [0.25, 0.3) is 0 Å². The summed E-state index contributed by atoms with van der Waals surface area (Å²) in [7, 11) is 0. The van der Waals surface area contributed by atoms with E-state index in [1.807, 2.05) is 41.5 Å². The Labute approximate surface area is 128 Å². The quantitative estimate of drug-likeness (QED) is 0.896. The van der Waals surface area contributed by atoms with E-state index in [1.54, 1.807) is 0 Å². The van der Waals surface area contributed by atoms with Crippen LogP contribution in [0.3, 0.4) is 0 Å². The van der Waals surface area contributed by atoms with E-state index in [0.29, 0.717) is 0 Å². The van der Waals surface area contributed by atoms with Gasteiger partial charge in [-0.25, -0.2) is 0 Å². The zero-order valence-electron chi connectivity index (χ0n) is 14.6. The number of carbonyl (C=O) groups excluding carboxylic acids is 1. The van der Waals surface area contributed by atoms with E-state index in [4.69, 9.17) is 0 Å². The smallest absolute Gasteiger partial charge is 0.237 e. The molecule has 0 aliphatic heterocycles. The van der Waals surface area contributed by atoms with E-state index in [9.17, 15) is 4.79 Å². The van der Waals surface area contributed by atoms with Crippen molar-refractivity contribution < 1.29 is 4.79 Å². The van der Waals surface area contributed by atoms with Crippen LogP contribution in [0.1, 0.15) is 63.2 Å². The predicted molar refractivity (Wildman–Crippen MR) is 87.4 cm³/mol. The third-order valence-corrected chi connectivity index (χ3v) is 3.41. The van der Waals surface area contributed by atoms with Gasteiger partial charge in [-0.05, 0) is 72.6 Å². The lowest BCUT2D eigenvalue weighted by molar-refractivity contribution is -0.124. The first-order valence-corrected chi connectivity index (χ1v) is 7.54. The molecule has 0 fully saturated rings. The summed E-state index contributed by atoms with van der Waals surface area (Å²) in [4.78, 5) is 16.7. The lowest BCUT2D eigenvalue weighted by atomic mass is 9.99. The first-order valence-electron chi connectivity index (χ1n) is 7.54. The number of amides is 1. The lowest BCUT2D eigenvalue weighted by Gasteiger charge is -2.26. The molecule has 1 rings (SSSR count). The average Bonchev–Trinajstić information content (AvgIpc) is 2.24. The van der Waals surface area contributed by atoms with Crippen LogP contribution >= 0.6 is 0 Å². The number of nitrogens with zero attached hydrogens (tertiary/aromatic N) is 1. The van der Waals surface area contributed by atoms with Crippen LogP contribution in [0.4, 0.5) is 0 Å². The van der Waals surface area contributed by atoms with Crippen molar-refractivity contribution in [2.45, 2.75) is 73.0 Å². The molecular formula is C17H29N3O. The summed E-state index contributed by atoms with van der Waals surface area (Å²) < 4.78 is 0. The van der Waals surface area contributed by atoms with Crippen molar-refractivity contribution in [3.8, 4) is 0 Å². The molecule has 0 aromatic carbocycles. The molecule has 0 radical (unpaired) electrons. The summed E-state index contributed by atoms with van der Waals surface area (Å²) in [6, 6.07) is 1.92. The Morgan fingerprint density at radius 3 is 2.24 bits per heavy atom. The zero-order chi connectivity index (χ0) is 16.4. The summed E-state index contributed by atoms with van der Waals surface area (Å²) in [6.45, 7) is 16.0. The molecule has 1 aromatic heterocycles. The molecule has 2 unspecified atom stereocenters. The van der Waals surface area contributed by atoms with Crippen LogP contribution in [0.5, 0.6) is 0 Å². The molecule has 4 nitrogen and oxygen atoms in total. The summed E-state index contributed by atoms with van der Waals surface area (Å²) in [5, 5.41) is 6.36. The van der Waals surface area contributed by atoms with Gasteiger partial charge in [-0.1, -0.05) is 0 Å². The maximum atomic E-state index is 12.2. The van der Waals surface area contributed by atoms with Crippen LogP contribution in [0.2, 0.25) is 0 Å². The molecule has 0 saturated carbocycles. The Kier molecular flexibility index (Phi) is 5.51. The monoisotopic (exact) mass is 291 g/mol. The molecule has 1 heterocycles. The van der Waals surface area contributed by atoms with Gasteiger partial charge in [0.05, 0.1) is 6.04 Å². The Hall–Kier alpha value is -1.42. The Morgan fingerprint density at radius 1 is 1.19 bits per heavy atom. The number of aromatic nitrogens is 1. The SMILES string of the molecule is Cc1cc(C)c(C(C)NC(C)C(=O)NC(C)(C)C)c(C)n1. The van der Waals surface area contributed by atoms with Gasteiger partial charge >= 0.3 is 0 Å². The molecule has 1 aromatic rings. The van der Waals surface area contributed by atoms with Gasteiger partial charge in [0.1, 0.15) is 0 Å². The normalized spacial score (nSPS) is 14.7. The van der Waals surface area contributed by atoms with Crippen molar-refractivity contribution in [2.24, 2.45) is 0 Å². The van der Waals surface area contributed by atoms with Crippen LogP contribution in [-0.2, 0) is 4.79 Å². The molecule has 21 heavy (non-hydrogen) atoms. The molecule has 0 aliphatic carbocycles. The minimum atomic E-state index is -0.251.